The third-order valence-electron chi connectivity index (χ3n) is 2.81. The number of ether oxygens (including phenoxy) is 3. The molecule has 21 heavy (non-hydrogen) atoms. The molecule has 0 amide bonds. The van der Waals surface area contributed by atoms with Gasteiger partial charge in [0.2, 0.25) is 5.88 Å². The number of hydrogen-bond donors (Lipinski definition) is 2. The van der Waals surface area contributed by atoms with Crippen LogP contribution in [0.15, 0.2) is 16.9 Å². The van der Waals surface area contributed by atoms with Crippen LogP contribution in [0.4, 0.5) is 0 Å². The number of hydrogen-bond acceptors (Lipinski definition) is 6. The molecule has 0 saturated carbocycles. The third kappa shape index (κ3) is 2.89. The molecule has 1 heterocycles. The normalized spacial score (nSPS) is 10.3. The van der Waals surface area contributed by atoms with E-state index in [0.29, 0.717) is 22.8 Å². The zero-order chi connectivity index (χ0) is 15.6. The third-order valence-corrected chi connectivity index (χ3v) is 3.78. The van der Waals surface area contributed by atoms with Crippen LogP contribution in [0.1, 0.15) is 0 Å². The number of nitrogens with zero attached hydrogens (tertiary/aromatic N) is 1. The van der Waals surface area contributed by atoms with E-state index >= 15 is 0 Å². The van der Waals surface area contributed by atoms with Gasteiger partial charge in [0.1, 0.15) is 15.1 Å². The zero-order valence-corrected chi connectivity index (χ0v) is 13.7. The number of H-pyrrole nitrogens is 1. The van der Waals surface area contributed by atoms with E-state index in [-0.39, 0.29) is 15.3 Å². The summed E-state index contributed by atoms with van der Waals surface area (Å²) in [5, 5.41) is 9.70. The molecule has 0 unspecified atom stereocenters. The summed E-state index contributed by atoms with van der Waals surface area (Å²) in [6.07, 6.45) is 0. The first-order valence-electron chi connectivity index (χ1n) is 5.81. The second-order valence-corrected chi connectivity index (χ2v) is 5.04. The number of benzene rings is 1. The number of aromatic amines is 1. The summed E-state index contributed by atoms with van der Waals surface area (Å²) in [4.78, 5) is 18.3. The van der Waals surface area contributed by atoms with Crippen molar-refractivity contribution < 1.29 is 19.3 Å². The minimum absolute atomic E-state index is 0.121. The quantitative estimate of drug-likeness (QED) is 0.755. The Morgan fingerprint density at radius 3 is 2.19 bits per heavy atom. The zero-order valence-electron chi connectivity index (χ0n) is 11.6. The molecule has 2 rings (SSSR count). The highest BCUT2D eigenvalue weighted by Gasteiger charge is 2.17. The molecule has 0 saturated heterocycles. The molecule has 0 bridgehead atoms. The van der Waals surface area contributed by atoms with Crippen LogP contribution in [0.2, 0.25) is 0 Å². The Hall–Kier alpha value is -1.97. The summed E-state index contributed by atoms with van der Waals surface area (Å²) in [5.74, 6) is 1.20. The molecule has 0 radical (unpaired) electrons. The number of aromatic hydroxyl groups is 1. The van der Waals surface area contributed by atoms with Crippen molar-refractivity contribution in [1.82, 2.24) is 9.97 Å². The van der Waals surface area contributed by atoms with Crippen LogP contribution in [-0.4, -0.2) is 36.4 Å². The Labute approximate surface area is 134 Å². The molecule has 2 N–H and O–H groups in total. The fraction of sp³-hybridized carbons (Fsp3) is 0.231. The molecule has 7 nitrogen and oxygen atoms in total. The highest BCUT2D eigenvalue weighted by Crippen LogP contribution is 2.38. The van der Waals surface area contributed by atoms with Crippen molar-refractivity contribution >= 4 is 22.6 Å². The molecule has 0 aliphatic carbocycles. The van der Waals surface area contributed by atoms with E-state index in [9.17, 15) is 9.90 Å². The number of rotatable bonds is 4. The van der Waals surface area contributed by atoms with E-state index < -0.39 is 5.56 Å². The molecule has 0 spiro atoms. The van der Waals surface area contributed by atoms with Crippen molar-refractivity contribution in [2.24, 2.45) is 0 Å². The van der Waals surface area contributed by atoms with Crippen LogP contribution in [0.3, 0.4) is 0 Å². The summed E-state index contributed by atoms with van der Waals surface area (Å²) in [6.45, 7) is 0. The summed E-state index contributed by atoms with van der Waals surface area (Å²) in [5.41, 5.74) is 0.0360. The highest BCUT2D eigenvalue weighted by atomic mass is 127. The summed E-state index contributed by atoms with van der Waals surface area (Å²) < 4.78 is 15.8. The molecule has 0 aliphatic heterocycles. The van der Waals surface area contributed by atoms with Gasteiger partial charge in [0.05, 0.1) is 26.9 Å². The van der Waals surface area contributed by atoms with Crippen molar-refractivity contribution in [1.29, 1.82) is 0 Å². The van der Waals surface area contributed by atoms with Gasteiger partial charge in [0.15, 0.2) is 11.5 Å². The van der Waals surface area contributed by atoms with Gasteiger partial charge in [-0.1, -0.05) is 0 Å². The maximum absolute atomic E-state index is 11.8. The maximum Gasteiger partial charge on any atom is 0.268 e. The summed E-state index contributed by atoms with van der Waals surface area (Å²) in [6, 6.07) is 3.23. The smallest absolute Gasteiger partial charge is 0.268 e. The lowest BCUT2D eigenvalue weighted by Crippen LogP contribution is -2.12. The van der Waals surface area contributed by atoms with Gasteiger partial charge in [-0.25, -0.2) is 0 Å². The van der Waals surface area contributed by atoms with Crippen LogP contribution in [0.25, 0.3) is 11.4 Å². The lowest BCUT2D eigenvalue weighted by atomic mass is 10.1. The van der Waals surface area contributed by atoms with Crippen molar-refractivity contribution in [2.75, 3.05) is 21.3 Å². The Balaban J connectivity index is 2.70. The lowest BCUT2D eigenvalue weighted by molar-refractivity contribution is 0.349. The second-order valence-electron chi connectivity index (χ2n) is 3.96. The predicted molar refractivity (Wildman–Crippen MR) is 84.3 cm³/mol. The van der Waals surface area contributed by atoms with Crippen LogP contribution in [-0.2, 0) is 0 Å². The Kier molecular flexibility index (Phi) is 4.56. The predicted octanol–water partition coefficient (Wildman–Crippen LogP) is 1.77. The van der Waals surface area contributed by atoms with E-state index in [2.05, 4.69) is 9.97 Å². The molecule has 112 valence electrons. The monoisotopic (exact) mass is 404 g/mol. The first kappa shape index (κ1) is 15.4. The fourth-order valence-electron chi connectivity index (χ4n) is 1.79. The van der Waals surface area contributed by atoms with Gasteiger partial charge in [-0.3, -0.25) is 4.79 Å². The molecular weight excluding hydrogens is 391 g/mol. The molecule has 2 aromatic rings. The van der Waals surface area contributed by atoms with Gasteiger partial charge in [-0.15, -0.1) is 0 Å². The molecule has 8 heteroatoms. The fourth-order valence-corrected chi connectivity index (χ4v) is 2.04. The Morgan fingerprint density at radius 2 is 1.67 bits per heavy atom. The van der Waals surface area contributed by atoms with Crippen LogP contribution >= 0.6 is 22.6 Å². The van der Waals surface area contributed by atoms with Crippen molar-refractivity contribution in [3.05, 3.63) is 26.1 Å². The minimum Gasteiger partial charge on any atom is -0.496 e. The van der Waals surface area contributed by atoms with Gasteiger partial charge in [-0.2, -0.15) is 4.98 Å². The maximum atomic E-state index is 11.8. The van der Waals surface area contributed by atoms with Crippen molar-refractivity contribution in [3.8, 4) is 34.5 Å². The summed E-state index contributed by atoms with van der Waals surface area (Å²) >= 11 is 1.72. The number of halogens is 1. The average molecular weight is 404 g/mol. The van der Waals surface area contributed by atoms with Crippen LogP contribution < -0.4 is 19.8 Å². The van der Waals surface area contributed by atoms with Gasteiger partial charge in [0, 0.05) is 6.07 Å². The van der Waals surface area contributed by atoms with Crippen LogP contribution in [0, 0.1) is 3.57 Å². The van der Waals surface area contributed by atoms with Gasteiger partial charge in [-0.05, 0) is 28.7 Å². The van der Waals surface area contributed by atoms with E-state index in [0.717, 1.165) is 0 Å². The number of methoxy groups -OCH3 is 3. The first-order valence-corrected chi connectivity index (χ1v) is 6.88. The van der Waals surface area contributed by atoms with Crippen LogP contribution in [0.5, 0.6) is 23.1 Å². The number of nitrogens with one attached hydrogen (secondary N) is 1. The largest absolute Gasteiger partial charge is 0.496 e. The van der Waals surface area contributed by atoms with Crippen molar-refractivity contribution in [3.63, 3.8) is 0 Å². The molecular formula is C13H13IN2O5. The lowest BCUT2D eigenvalue weighted by Gasteiger charge is -2.13. The summed E-state index contributed by atoms with van der Waals surface area (Å²) in [7, 11) is 4.49. The first-order chi connectivity index (χ1) is 10.0. The van der Waals surface area contributed by atoms with E-state index in [4.69, 9.17) is 14.2 Å². The standard InChI is InChI=1S/C13H13IN2O5/c1-19-7-5-9(21-3)8(20-2)4-6(7)11-15-12(17)10(14)13(18)16-11/h4-5H,1-3H3,(H2,15,16,17,18). The second kappa shape index (κ2) is 6.20. The van der Waals surface area contributed by atoms with Crippen molar-refractivity contribution in [2.45, 2.75) is 0 Å². The molecule has 1 aromatic carbocycles. The number of aromatic nitrogens is 2. The Morgan fingerprint density at radius 1 is 1.10 bits per heavy atom. The van der Waals surface area contributed by atoms with E-state index in [1.807, 2.05) is 0 Å². The van der Waals surface area contributed by atoms with Gasteiger partial charge < -0.3 is 24.3 Å². The van der Waals surface area contributed by atoms with E-state index in [1.165, 1.54) is 21.3 Å². The molecule has 0 aliphatic rings. The topological polar surface area (TPSA) is 93.7 Å². The SMILES string of the molecule is COc1cc(OC)c(-c2nc(O)c(I)c(=O)[nH]2)cc1OC. The highest BCUT2D eigenvalue weighted by molar-refractivity contribution is 14.1. The van der Waals surface area contributed by atoms with E-state index in [1.54, 1.807) is 34.7 Å². The molecule has 0 fully saturated rings. The minimum atomic E-state index is -0.435. The Bertz CT molecular complexity index is 729. The molecule has 1 aromatic heterocycles. The van der Waals surface area contributed by atoms with Gasteiger partial charge in [0.25, 0.3) is 5.56 Å². The molecule has 0 atom stereocenters. The average Bonchev–Trinajstić information content (AvgIpc) is 2.50. The van der Waals surface area contributed by atoms with Gasteiger partial charge >= 0.3 is 0 Å².